The molecule has 2 heterocycles. The van der Waals surface area contributed by atoms with Crippen LogP contribution in [-0.2, 0) is 6.42 Å². The van der Waals surface area contributed by atoms with Gasteiger partial charge in [-0.3, -0.25) is 4.98 Å². The van der Waals surface area contributed by atoms with Crippen LogP contribution in [0, 0.1) is 13.8 Å². The second-order valence-corrected chi connectivity index (χ2v) is 5.06. The van der Waals surface area contributed by atoms with Gasteiger partial charge in [0.2, 0.25) is 0 Å². The molecule has 5 heteroatoms. The molecule has 2 aromatic heterocycles. The molecule has 1 N–H and O–H groups in total. The van der Waals surface area contributed by atoms with E-state index in [9.17, 15) is 5.11 Å². The molecule has 0 aliphatic heterocycles. The third kappa shape index (κ3) is 2.98. The summed E-state index contributed by atoms with van der Waals surface area (Å²) in [5.41, 5.74) is 2.67. The topological polar surface area (TPSA) is 63.8 Å². The highest BCUT2D eigenvalue weighted by Crippen LogP contribution is 2.21. The van der Waals surface area contributed by atoms with Crippen LogP contribution in [0.5, 0.6) is 0 Å². The average Bonchev–Trinajstić information content (AvgIpc) is 2.76. The highest BCUT2D eigenvalue weighted by atomic mass is 16.3. The molecule has 2 aromatic rings. The van der Waals surface area contributed by atoms with E-state index in [1.165, 1.54) is 6.33 Å². The van der Waals surface area contributed by atoms with E-state index in [4.69, 9.17) is 0 Å². The van der Waals surface area contributed by atoms with Crippen molar-refractivity contribution in [3.63, 3.8) is 0 Å². The molecular formula is C14H20N4O. The molecule has 0 amide bonds. The van der Waals surface area contributed by atoms with Gasteiger partial charge in [-0.15, -0.1) is 0 Å². The first-order chi connectivity index (χ1) is 8.99. The van der Waals surface area contributed by atoms with E-state index >= 15 is 0 Å². The van der Waals surface area contributed by atoms with Gasteiger partial charge < -0.3 is 5.11 Å². The van der Waals surface area contributed by atoms with Crippen LogP contribution in [-0.4, -0.2) is 24.9 Å². The number of nitrogens with zero attached hydrogens (tertiary/aromatic N) is 4. The first-order valence-electron chi connectivity index (χ1n) is 6.49. The van der Waals surface area contributed by atoms with Crippen molar-refractivity contribution in [2.24, 2.45) is 0 Å². The van der Waals surface area contributed by atoms with Gasteiger partial charge in [-0.1, -0.05) is 6.07 Å². The van der Waals surface area contributed by atoms with E-state index in [2.05, 4.69) is 15.1 Å². The summed E-state index contributed by atoms with van der Waals surface area (Å²) < 4.78 is 1.83. The maximum atomic E-state index is 10.3. The lowest BCUT2D eigenvalue weighted by atomic mass is 10.0. The van der Waals surface area contributed by atoms with E-state index in [0.717, 1.165) is 22.8 Å². The van der Waals surface area contributed by atoms with Gasteiger partial charge in [0.05, 0.1) is 6.10 Å². The van der Waals surface area contributed by atoms with Crippen molar-refractivity contribution in [2.45, 2.75) is 46.3 Å². The zero-order valence-corrected chi connectivity index (χ0v) is 11.8. The third-order valence-electron chi connectivity index (χ3n) is 3.14. The Bertz CT molecular complexity index is 562. The summed E-state index contributed by atoms with van der Waals surface area (Å²) in [5, 5.41) is 14.5. The largest absolute Gasteiger partial charge is 0.388 e. The van der Waals surface area contributed by atoms with Gasteiger partial charge in [0, 0.05) is 29.4 Å². The van der Waals surface area contributed by atoms with Gasteiger partial charge in [-0.05, 0) is 33.8 Å². The Morgan fingerprint density at radius 2 is 2.00 bits per heavy atom. The second kappa shape index (κ2) is 5.48. The molecule has 0 aliphatic carbocycles. The lowest BCUT2D eigenvalue weighted by Gasteiger charge is -2.15. The number of hydrogen-bond donors (Lipinski definition) is 1. The lowest BCUT2D eigenvalue weighted by molar-refractivity contribution is 0.172. The van der Waals surface area contributed by atoms with Crippen molar-refractivity contribution in [1.29, 1.82) is 0 Å². The number of aliphatic hydroxyl groups excluding tert-OH is 1. The molecule has 2 rings (SSSR count). The SMILES string of the molecule is Cc1ccc(C(O)Cc2ncnn2C(C)C)c(C)n1. The molecule has 102 valence electrons. The minimum absolute atomic E-state index is 0.238. The highest BCUT2D eigenvalue weighted by Gasteiger charge is 2.16. The summed E-state index contributed by atoms with van der Waals surface area (Å²) in [4.78, 5) is 8.60. The molecule has 5 nitrogen and oxygen atoms in total. The quantitative estimate of drug-likeness (QED) is 0.914. The number of rotatable bonds is 4. The van der Waals surface area contributed by atoms with Crippen molar-refractivity contribution in [3.8, 4) is 0 Å². The summed E-state index contributed by atoms with van der Waals surface area (Å²) in [6.07, 6.45) is 1.38. The van der Waals surface area contributed by atoms with Crippen LogP contribution >= 0.6 is 0 Å². The Labute approximate surface area is 113 Å². The minimum atomic E-state index is -0.602. The van der Waals surface area contributed by atoms with Crippen molar-refractivity contribution in [2.75, 3.05) is 0 Å². The summed E-state index contributed by atoms with van der Waals surface area (Å²) in [5.74, 6) is 0.794. The molecule has 0 aromatic carbocycles. The summed E-state index contributed by atoms with van der Waals surface area (Å²) in [6, 6.07) is 4.08. The van der Waals surface area contributed by atoms with E-state index < -0.39 is 6.10 Å². The summed E-state index contributed by atoms with van der Waals surface area (Å²) in [7, 11) is 0. The molecule has 1 atom stereocenters. The minimum Gasteiger partial charge on any atom is -0.388 e. The normalized spacial score (nSPS) is 12.9. The van der Waals surface area contributed by atoms with E-state index in [-0.39, 0.29) is 6.04 Å². The Hall–Kier alpha value is -1.75. The molecule has 0 fully saturated rings. The molecule has 0 aliphatic rings. The predicted molar refractivity (Wildman–Crippen MR) is 72.8 cm³/mol. The number of aliphatic hydroxyl groups is 1. The van der Waals surface area contributed by atoms with Crippen LogP contribution in [0.15, 0.2) is 18.5 Å². The van der Waals surface area contributed by atoms with Gasteiger partial charge in [-0.2, -0.15) is 5.10 Å². The maximum absolute atomic E-state index is 10.3. The second-order valence-electron chi connectivity index (χ2n) is 5.06. The Balaban J connectivity index is 2.21. The van der Waals surface area contributed by atoms with Crippen LogP contribution in [0.3, 0.4) is 0 Å². The average molecular weight is 260 g/mol. The van der Waals surface area contributed by atoms with Crippen LogP contribution in [0.4, 0.5) is 0 Å². The summed E-state index contributed by atoms with van der Waals surface area (Å²) in [6.45, 7) is 7.95. The lowest BCUT2D eigenvalue weighted by Crippen LogP contribution is -2.13. The van der Waals surface area contributed by atoms with Crippen molar-refractivity contribution < 1.29 is 5.11 Å². The molecule has 0 bridgehead atoms. The van der Waals surface area contributed by atoms with E-state index in [0.29, 0.717) is 6.42 Å². The standard InChI is InChI=1S/C14H20N4O/c1-9(2)18-14(15-8-16-18)7-13(19)12-6-5-10(3)17-11(12)4/h5-6,8-9,13,19H,7H2,1-4H3. The fraction of sp³-hybridized carbons (Fsp3) is 0.500. The number of aromatic nitrogens is 4. The van der Waals surface area contributed by atoms with E-state index in [1.54, 1.807) is 0 Å². The highest BCUT2D eigenvalue weighted by molar-refractivity contribution is 5.24. The van der Waals surface area contributed by atoms with Crippen LogP contribution in [0.2, 0.25) is 0 Å². The van der Waals surface area contributed by atoms with Crippen LogP contribution in [0.1, 0.15) is 48.8 Å². The molecule has 0 radical (unpaired) electrons. The maximum Gasteiger partial charge on any atom is 0.138 e. The molecule has 0 saturated heterocycles. The van der Waals surface area contributed by atoms with E-state index in [1.807, 2.05) is 44.5 Å². The smallest absolute Gasteiger partial charge is 0.138 e. The number of hydrogen-bond acceptors (Lipinski definition) is 4. The van der Waals surface area contributed by atoms with Crippen molar-refractivity contribution in [1.82, 2.24) is 19.7 Å². The van der Waals surface area contributed by atoms with Crippen molar-refractivity contribution >= 4 is 0 Å². The van der Waals surface area contributed by atoms with Gasteiger partial charge in [0.25, 0.3) is 0 Å². The van der Waals surface area contributed by atoms with Gasteiger partial charge in [-0.25, -0.2) is 9.67 Å². The summed E-state index contributed by atoms with van der Waals surface area (Å²) >= 11 is 0. The van der Waals surface area contributed by atoms with Crippen LogP contribution in [0.25, 0.3) is 0 Å². The predicted octanol–water partition coefficient (Wildman–Crippen LogP) is 2.15. The molecular weight excluding hydrogens is 240 g/mol. The Morgan fingerprint density at radius 3 is 2.63 bits per heavy atom. The molecule has 1 unspecified atom stereocenters. The molecule has 19 heavy (non-hydrogen) atoms. The van der Waals surface area contributed by atoms with Crippen LogP contribution < -0.4 is 0 Å². The van der Waals surface area contributed by atoms with Gasteiger partial charge in [0.15, 0.2) is 0 Å². The number of pyridine rings is 1. The first kappa shape index (κ1) is 13.7. The molecule has 0 spiro atoms. The molecule has 0 saturated carbocycles. The number of aryl methyl sites for hydroxylation is 2. The first-order valence-corrected chi connectivity index (χ1v) is 6.49. The zero-order valence-electron chi connectivity index (χ0n) is 11.8. The third-order valence-corrected chi connectivity index (χ3v) is 3.14. The zero-order chi connectivity index (χ0) is 14.0. The van der Waals surface area contributed by atoms with Gasteiger partial charge >= 0.3 is 0 Å². The monoisotopic (exact) mass is 260 g/mol. The Kier molecular flexibility index (Phi) is 3.95. The fourth-order valence-corrected chi connectivity index (χ4v) is 2.18. The van der Waals surface area contributed by atoms with Gasteiger partial charge in [0.1, 0.15) is 12.2 Å². The Morgan fingerprint density at radius 1 is 1.26 bits per heavy atom. The van der Waals surface area contributed by atoms with Crippen molar-refractivity contribution in [3.05, 3.63) is 41.2 Å². The fourth-order valence-electron chi connectivity index (χ4n) is 2.18.